The van der Waals surface area contributed by atoms with Crippen LogP contribution in [0, 0.1) is 6.92 Å². The molecule has 0 unspecified atom stereocenters. The van der Waals surface area contributed by atoms with Crippen molar-refractivity contribution in [1.29, 1.82) is 0 Å². The Bertz CT molecular complexity index is 646. The van der Waals surface area contributed by atoms with E-state index >= 15 is 0 Å². The largest absolute Gasteiger partial charge is 0.449 e. The van der Waals surface area contributed by atoms with Gasteiger partial charge in [0.2, 0.25) is 0 Å². The number of furan rings is 1. The van der Waals surface area contributed by atoms with Crippen LogP contribution in [0.25, 0.3) is 11.0 Å². The molecule has 3 rings (SSSR count). The summed E-state index contributed by atoms with van der Waals surface area (Å²) in [5.74, 6) is -0.0278. The molecule has 0 spiro atoms. The zero-order valence-corrected chi connectivity index (χ0v) is 11.7. The van der Waals surface area contributed by atoms with Gasteiger partial charge >= 0.3 is 0 Å². The summed E-state index contributed by atoms with van der Waals surface area (Å²) in [6.07, 6.45) is -0.382. The van der Waals surface area contributed by atoms with Crippen LogP contribution >= 0.6 is 11.6 Å². The molecule has 1 aliphatic rings. The molecular formula is C14H14ClNO4. The molecule has 20 heavy (non-hydrogen) atoms. The topological polar surface area (TPSA) is 60.7 Å². The molecule has 5 nitrogen and oxygen atoms in total. The van der Waals surface area contributed by atoms with E-state index in [9.17, 15) is 4.79 Å². The summed E-state index contributed by atoms with van der Waals surface area (Å²) in [7, 11) is 0. The van der Waals surface area contributed by atoms with Crippen molar-refractivity contribution in [2.45, 2.75) is 13.2 Å². The summed E-state index contributed by atoms with van der Waals surface area (Å²) in [6.45, 7) is 3.24. The predicted molar refractivity (Wildman–Crippen MR) is 74.0 cm³/mol. The third-order valence-corrected chi connectivity index (χ3v) is 3.54. The summed E-state index contributed by atoms with van der Waals surface area (Å²) in [4.78, 5) is 12.1. The third-order valence-electron chi connectivity index (χ3n) is 3.24. The van der Waals surface area contributed by atoms with Gasteiger partial charge in [0.15, 0.2) is 17.6 Å². The number of aryl methyl sites for hydroxylation is 1. The van der Waals surface area contributed by atoms with Gasteiger partial charge in [0.05, 0.1) is 24.8 Å². The summed E-state index contributed by atoms with van der Waals surface area (Å²) in [6, 6.07) is 5.43. The standard InChI is InChI=1S/C14H14ClNO4/c1-8-9-3-2-4-10(15)13(9)20-12(8)14(17)16-7-11-18-5-6-19-11/h2-4,11H,5-7H2,1H3,(H,16,17). The minimum absolute atomic E-state index is 0.270. The van der Waals surface area contributed by atoms with E-state index in [4.69, 9.17) is 25.5 Å². The van der Waals surface area contributed by atoms with Gasteiger partial charge in [0.25, 0.3) is 5.91 Å². The predicted octanol–water partition coefficient (Wildman–Crippen LogP) is 2.50. The zero-order valence-electron chi connectivity index (χ0n) is 10.9. The normalized spacial score (nSPS) is 15.9. The Morgan fingerprint density at radius 1 is 1.40 bits per heavy atom. The van der Waals surface area contributed by atoms with Gasteiger partial charge in [0, 0.05) is 10.9 Å². The summed E-state index contributed by atoms with van der Waals surface area (Å²) < 4.78 is 16.1. The van der Waals surface area contributed by atoms with E-state index < -0.39 is 0 Å². The smallest absolute Gasteiger partial charge is 0.287 e. The monoisotopic (exact) mass is 295 g/mol. The Labute approximate surface area is 120 Å². The highest BCUT2D eigenvalue weighted by atomic mass is 35.5. The van der Waals surface area contributed by atoms with Crippen LogP contribution in [0.4, 0.5) is 0 Å². The van der Waals surface area contributed by atoms with E-state index in [0.717, 1.165) is 10.9 Å². The minimum Gasteiger partial charge on any atom is -0.449 e. The number of ether oxygens (including phenoxy) is 2. The van der Waals surface area contributed by atoms with Crippen LogP contribution in [0.2, 0.25) is 5.02 Å². The summed E-state index contributed by atoms with van der Waals surface area (Å²) >= 11 is 6.06. The van der Waals surface area contributed by atoms with Crippen molar-refractivity contribution in [3.05, 3.63) is 34.5 Å². The van der Waals surface area contributed by atoms with Crippen LogP contribution in [0.1, 0.15) is 16.1 Å². The quantitative estimate of drug-likeness (QED) is 0.945. The molecule has 1 fully saturated rings. The second-order valence-electron chi connectivity index (χ2n) is 4.55. The number of halogens is 1. The highest BCUT2D eigenvalue weighted by molar-refractivity contribution is 6.35. The summed E-state index contributed by atoms with van der Waals surface area (Å²) in [5.41, 5.74) is 1.30. The second kappa shape index (κ2) is 5.44. The van der Waals surface area contributed by atoms with Gasteiger partial charge < -0.3 is 19.2 Å². The number of para-hydroxylation sites is 1. The van der Waals surface area contributed by atoms with Crippen LogP contribution in [0.5, 0.6) is 0 Å². The van der Waals surface area contributed by atoms with Crippen molar-refractivity contribution in [2.75, 3.05) is 19.8 Å². The van der Waals surface area contributed by atoms with E-state index in [2.05, 4.69) is 5.32 Å². The molecule has 106 valence electrons. The first kappa shape index (κ1) is 13.4. The van der Waals surface area contributed by atoms with Crippen molar-refractivity contribution in [1.82, 2.24) is 5.32 Å². The lowest BCUT2D eigenvalue weighted by atomic mass is 10.1. The van der Waals surface area contributed by atoms with Gasteiger partial charge in [-0.3, -0.25) is 4.79 Å². The number of fused-ring (bicyclic) bond motifs is 1. The van der Waals surface area contributed by atoms with E-state index in [-0.39, 0.29) is 18.0 Å². The zero-order chi connectivity index (χ0) is 14.1. The molecule has 1 aromatic heterocycles. The van der Waals surface area contributed by atoms with Gasteiger partial charge in [-0.15, -0.1) is 0 Å². The maximum Gasteiger partial charge on any atom is 0.287 e. The molecule has 2 aromatic rings. The van der Waals surface area contributed by atoms with E-state index in [0.29, 0.717) is 30.4 Å². The molecule has 1 aromatic carbocycles. The molecule has 0 radical (unpaired) electrons. The average Bonchev–Trinajstić information content (AvgIpc) is 3.06. The molecule has 2 heterocycles. The van der Waals surface area contributed by atoms with Gasteiger partial charge in [-0.1, -0.05) is 23.7 Å². The number of rotatable bonds is 3. The van der Waals surface area contributed by atoms with E-state index in [1.54, 1.807) is 6.07 Å². The molecule has 1 amide bonds. The molecule has 0 saturated carbocycles. The molecule has 0 aliphatic carbocycles. The molecular weight excluding hydrogens is 282 g/mol. The van der Waals surface area contributed by atoms with Gasteiger partial charge in [0.1, 0.15) is 0 Å². The van der Waals surface area contributed by atoms with Crippen molar-refractivity contribution < 1.29 is 18.7 Å². The molecule has 6 heteroatoms. The van der Waals surface area contributed by atoms with Crippen LogP contribution in [0.15, 0.2) is 22.6 Å². The number of hydrogen-bond donors (Lipinski definition) is 1. The molecule has 1 N–H and O–H groups in total. The van der Waals surface area contributed by atoms with Crippen LogP contribution in [-0.4, -0.2) is 32.0 Å². The Morgan fingerprint density at radius 3 is 2.85 bits per heavy atom. The highest BCUT2D eigenvalue weighted by Crippen LogP contribution is 2.30. The Morgan fingerprint density at radius 2 is 2.15 bits per heavy atom. The van der Waals surface area contributed by atoms with Crippen LogP contribution in [-0.2, 0) is 9.47 Å². The SMILES string of the molecule is Cc1c(C(=O)NCC2OCCO2)oc2c(Cl)cccc12. The molecule has 1 aliphatic heterocycles. The van der Waals surface area contributed by atoms with Gasteiger partial charge in [-0.25, -0.2) is 0 Å². The first-order chi connectivity index (χ1) is 9.66. The maximum absolute atomic E-state index is 12.1. The number of hydrogen-bond acceptors (Lipinski definition) is 4. The molecule has 0 atom stereocenters. The lowest BCUT2D eigenvalue weighted by molar-refractivity contribution is -0.0380. The molecule has 0 bridgehead atoms. The number of carbonyl (C=O) groups excluding carboxylic acids is 1. The Balaban J connectivity index is 1.80. The van der Waals surface area contributed by atoms with Gasteiger partial charge in [-0.2, -0.15) is 0 Å². The molecule has 1 saturated heterocycles. The highest BCUT2D eigenvalue weighted by Gasteiger charge is 2.21. The fraction of sp³-hybridized carbons (Fsp3) is 0.357. The number of carbonyl (C=O) groups is 1. The lowest BCUT2D eigenvalue weighted by Gasteiger charge is -2.09. The summed E-state index contributed by atoms with van der Waals surface area (Å²) in [5, 5.41) is 4.07. The van der Waals surface area contributed by atoms with E-state index in [1.807, 2.05) is 19.1 Å². The number of benzene rings is 1. The maximum atomic E-state index is 12.1. The van der Waals surface area contributed by atoms with Crippen molar-refractivity contribution >= 4 is 28.5 Å². The second-order valence-corrected chi connectivity index (χ2v) is 4.96. The van der Waals surface area contributed by atoms with E-state index in [1.165, 1.54) is 0 Å². The van der Waals surface area contributed by atoms with Crippen LogP contribution < -0.4 is 5.32 Å². The Kier molecular flexibility index (Phi) is 3.65. The first-order valence-corrected chi connectivity index (χ1v) is 6.73. The third kappa shape index (κ3) is 2.40. The first-order valence-electron chi connectivity index (χ1n) is 6.36. The lowest BCUT2D eigenvalue weighted by Crippen LogP contribution is -2.32. The fourth-order valence-electron chi connectivity index (χ4n) is 2.21. The minimum atomic E-state index is -0.382. The fourth-order valence-corrected chi connectivity index (χ4v) is 2.42. The number of amides is 1. The van der Waals surface area contributed by atoms with Crippen molar-refractivity contribution in [2.24, 2.45) is 0 Å². The van der Waals surface area contributed by atoms with Crippen molar-refractivity contribution in [3.63, 3.8) is 0 Å². The number of nitrogens with one attached hydrogen (secondary N) is 1. The van der Waals surface area contributed by atoms with Crippen molar-refractivity contribution in [3.8, 4) is 0 Å². The average molecular weight is 296 g/mol. The van der Waals surface area contributed by atoms with Crippen LogP contribution in [0.3, 0.4) is 0 Å². The Hall–Kier alpha value is -1.56. The van der Waals surface area contributed by atoms with Gasteiger partial charge in [-0.05, 0) is 13.0 Å².